The average molecular weight is 449 g/mol. The topological polar surface area (TPSA) is 99.8 Å². The number of halogens is 1. The van der Waals surface area contributed by atoms with Gasteiger partial charge in [0.25, 0.3) is 11.5 Å². The molecule has 0 unspecified atom stereocenters. The van der Waals surface area contributed by atoms with Crippen LogP contribution in [0.4, 0.5) is 0 Å². The normalized spacial score (nSPS) is 16.1. The van der Waals surface area contributed by atoms with E-state index in [4.69, 9.17) is 16.7 Å². The number of carbonyl (C=O) groups is 2. The summed E-state index contributed by atoms with van der Waals surface area (Å²) in [7, 11) is 1.59. The number of aliphatic carboxylic acids is 1. The fourth-order valence-corrected chi connectivity index (χ4v) is 4.52. The highest BCUT2D eigenvalue weighted by atomic mass is 35.5. The third-order valence-electron chi connectivity index (χ3n) is 6.19. The van der Waals surface area contributed by atoms with E-state index in [0.717, 1.165) is 25.7 Å². The van der Waals surface area contributed by atoms with Crippen LogP contribution in [-0.2, 0) is 11.3 Å². The van der Waals surface area contributed by atoms with Crippen LogP contribution in [0, 0.1) is 0 Å². The molecular weight excluding hydrogens is 420 g/mol. The lowest BCUT2D eigenvalue weighted by molar-refractivity contribution is -0.137. The summed E-state index contributed by atoms with van der Waals surface area (Å²) >= 11 is 6.39. The summed E-state index contributed by atoms with van der Waals surface area (Å²) in [6.07, 6.45) is 7.51. The number of carboxylic acid groups (broad SMARTS) is 1. The second-order valence-electron chi connectivity index (χ2n) is 8.31. The van der Waals surface area contributed by atoms with Gasteiger partial charge in [-0.2, -0.15) is 0 Å². The smallest absolute Gasteiger partial charge is 0.303 e. The van der Waals surface area contributed by atoms with E-state index < -0.39 is 17.6 Å². The average Bonchev–Trinajstić information content (AvgIpc) is 2.96. The zero-order valence-electron chi connectivity index (χ0n) is 17.8. The van der Waals surface area contributed by atoms with Gasteiger partial charge >= 0.3 is 5.97 Å². The van der Waals surface area contributed by atoms with E-state index in [-0.39, 0.29) is 22.6 Å². The summed E-state index contributed by atoms with van der Waals surface area (Å²) in [5.74, 6) is -1.26. The third kappa shape index (κ3) is 5.10. The molecule has 0 atom stereocenters. The summed E-state index contributed by atoms with van der Waals surface area (Å²) in [5, 5.41) is 20.9. The Hall–Kier alpha value is -2.38. The number of carbonyl (C=O) groups excluding carboxylic acids is 1. The standard InChI is InChI=1S/C23H29ClN2O5/c1-25(23(31)12-5-2-3-6-13-23)22(30)20-16-11-15-26(14-7-4-8-19(27)28)21(29)17(16)9-10-18(20)24/h9-11,15,31H,2-8,12-14H2,1H3,(H,27,28). The summed E-state index contributed by atoms with van der Waals surface area (Å²) < 4.78 is 1.52. The number of hydrogen-bond donors (Lipinski definition) is 2. The molecule has 1 heterocycles. The number of hydrogen-bond acceptors (Lipinski definition) is 4. The van der Waals surface area contributed by atoms with Crippen molar-refractivity contribution >= 4 is 34.2 Å². The third-order valence-corrected chi connectivity index (χ3v) is 6.51. The Morgan fingerprint density at radius 1 is 1.10 bits per heavy atom. The first kappa shape index (κ1) is 23.3. The van der Waals surface area contributed by atoms with Gasteiger partial charge in [0.05, 0.1) is 10.6 Å². The maximum Gasteiger partial charge on any atom is 0.303 e. The lowest BCUT2D eigenvalue weighted by Gasteiger charge is -2.37. The van der Waals surface area contributed by atoms with Gasteiger partial charge in [-0.05, 0) is 56.7 Å². The molecule has 168 valence electrons. The van der Waals surface area contributed by atoms with Crippen molar-refractivity contribution in [3.8, 4) is 0 Å². The van der Waals surface area contributed by atoms with Gasteiger partial charge in [0.15, 0.2) is 0 Å². The maximum atomic E-state index is 13.4. The Kier molecular flexibility index (Phi) is 7.38. The number of aliphatic hydroxyl groups is 1. The van der Waals surface area contributed by atoms with E-state index in [2.05, 4.69) is 0 Å². The molecule has 2 aromatic rings. The van der Waals surface area contributed by atoms with Crippen molar-refractivity contribution in [2.45, 2.75) is 70.1 Å². The first-order valence-electron chi connectivity index (χ1n) is 10.8. The second kappa shape index (κ2) is 9.83. The SMILES string of the molecule is CN(C(=O)c1c(Cl)ccc2c(=O)n(CCCCC(=O)O)ccc12)C1(O)CCCCCC1. The van der Waals surface area contributed by atoms with Gasteiger partial charge in [0, 0.05) is 37.0 Å². The van der Waals surface area contributed by atoms with Crippen LogP contribution in [0.25, 0.3) is 10.8 Å². The fraction of sp³-hybridized carbons (Fsp3) is 0.522. The van der Waals surface area contributed by atoms with Gasteiger partial charge in [-0.3, -0.25) is 14.4 Å². The monoisotopic (exact) mass is 448 g/mol. The van der Waals surface area contributed by atoms with Crippen molar-refractivity contribution < 1.29 is 19.8 Å². The highest BCUT2D eigenvalue weighted by Gasteiger charge is 2.36. The van der Waals surface area contributed by atoms with Crippen LogP contribution < -0.4 is 5.56 Å². The summed E-state index contributed by atoms with van der Waals surface area (Å²) in [6, 6.07) is 4.83. The number of nitrogens with zero attached hydrogens (tertiary/aromatic N) is 2. The molecule has 31 heavy (non-hydrogen) atoms. The summed E-state index contributed by atoms with van der Waals surface area (Å²) in [4.78, 5) is 38.4. The number of amides is 1. The maximum absolute atomic E-state index is 13.4. The van der Waals surface area contributed by atoms with E-state index in [0.29, 0.717) is 43.0 Å². The van der Waals surface area contributed by atoms with Gasteiger partial charge < -0.3 is 19.7 Å². The number of aromatic nitrogens is 1. The Balaban J connectivity index is 1.92. The predicted molar refractivity (Wildman–Crippen MR) is 119 cm³/mol. The fourth-order valence-electron chi connectivity index (χ4n) is 4.28. The predicted octanol–water partition coefficient (Wildman–Crippen LogP) is 4.02. The van der Waals surface area contributed by atoms with E-state index in [1.54, 1.807) is 25.4 Å². The molecule has 1 fully saturated rings. The van der Waals surface area contributed by atoms with Gasteiger partial charge in [0.2, 0.25) is 0 Å². The van der Waals surface area contributed by atoms with Crippen molar-refractivity contribution in [3.63, 3.8) is 0 Å². The number of unbranched alkanes of at least 4 members (excludes halogenated alkanes) is 1. The van der Waals surface area contributed by atoms with Crippen LogP contribution in [0.1, 0.15) is 68.1 Å². The zero-order chi connectivity index (χ0) is 22.6. The lowest BCUT2D eigenvalue weighted by atomic mass is 9.99. The quantitative estimate of drug-likeness (QED) is 0.378. The molecule has 7 nitrogen and oxygen atoms in total. The molecular formula is C23H29ClN2O5. The molecule has 0 aliphatic heterocycles. The molecule has 1 aliphatic carbocycles. The summed E-state index contributed by atoms with van der Waals surface area (Å²) in [6.45, 7) is 0.396. The molecule has 2 N–H and O–H groups in total. The minimum absolute atomic E-state index is 0.0613. The number of fused-ring (bicyclic) bond motifs is 1. The summed E-state index contributed by atoms with van der Waals surface area (Å²) in [5.41, 5.74) is -1.26. The molecule has 1 aromatic heterocycles. The van der Waals surface area contributed by atoms with Crippen molar-refractivity contribution in [1.82, 2.24) is 9.47 Å². The van der Waals surface area contributed by atoms with Crippen LogP contribution >= 0.6 is 11.6 Å². The molecule has 1 aliphatic rings. The first-order valence-corrected chi connectivity index (χ1v) is 11.2. The van der Waals surface area contributed by atoms with Crippen LogP contribution in [0.15, 0.2) is 29.2 Å². The molecule has 8 heteroatoms. The number of pyridine rings is 1. The molecule has 1 aromatic carbocycles. The Morgan fingerprint density at radius 3 is 2.42 bits per heavy atom. The highest BCUT2D eigenvalue weighted by Crippen LogP contribution is 2.33. The molecule has 1 saturated carbocycles. The molecule has 0 spiro atoms. The van der Waals surface area contributed by atoms with E-state index in [1.165, 1.54) is 15.5 Å². The van der Waals surface area contributed by atoms with Crippen LogP contribution in [0.5, 0.6) is 0 Å². The van der Waals surface area contributed by atoms with Gasteiger partial charge in [-0.15, -0.1) is 0 Å². The Labute approximate surface area is 186 Å². The van der Waals surface area contributed by atoms with E-state index >= 15 is 0 Å². The number of aryl methyl sites for hydroxylation is 1. The van der Waals surface area contributed by atoms with Crippen molar-refractivity contribution in [1.29, 1.82) is 0 Å². The number of benzene rings is 1. The lowest BCUT2D eigenvalue weighted by Crippen LogP contribution is -2.49. The minimum Gasteiger partial charge on any atom is -0.481 e. The highest BCUT2D eigenvalue weighted by molar-refractivity contribution is 6.35. The van der Waals surface area contributed by atoms with Crippen molar-refractivity contribution in [3.05, 3.63) is 45.3 Å². The molecule has 0 bridgehead atoms. The number of carboxylic acids is 1. The largest absolute Gasteiger partial charge is 0.481 e. The second-order valence-corrected chi connectivity index (χ2v) is 8.72. The first-order chi connectivity index (χ1) is 14.7. The van der Waals surface area contributed by atoms with Crippen LogP contribution in [0.2, 0.25) is 5.02 Å². The van der Waals surface area contributed by atoms with E-state index in [1.807, 2.05) is 0 Å². The Morgan fingerprint density at radius 2 is 1.77 bits per heavy atom. The molecule has 0 radical (unpaired) electrons. The van der Waals surface area contributed by atoms with Crippen LogP contribution in [-0.4, -0.2) is 44.3 Å². The van der Waals surface area contributed by atoms with Crippen molar-refractivity contribution in [2.75, 3.05) is 7.05 Å². The molecule has 3 rings (SSSR count). The van der Waals surface area contributed by atoms with Crippen molar-refractivity contribution in [2.24, 2.45) is 0 Å². The Bertz CT molecular complexity index is 1020. The van der Waals surface area contributed by atoms with Gasteiger partial charge in [-0.1, -0.05) is 24.4 Å². The van der Waals surface area contributed by atoms with E-state index in [9.17, 15) is 19.5 Å². The minimum atomic E-state index is -1.22. The zero-order valence-corrected chi connectivity index (χ0v) is 18.5. The molecule has 0 saturated heterocycles. The molecule has 1 amide bonds. The number of rotatable bonds is 7. The van der Waals surface area contributed by atoms with Gasteiger partial charge in [0.1, 0.15) is 5.72 Å². The van der Waals surface area contributed by atoms with Crippen LogP contribution in [0.3, 0.4) is 0 Å². The van der Waals surface area contributed by atoms with Gasteiger partial charge in [-0.25, -0.2) is 0 Å².